The molecule has 1 amide bonds. The van der Waals surface area contributed by atoms with Gasteiger partial charge in [-0.1, -0.05) is 28.1 Å². The Morgan fingerprint density at radius 3 is 2.57 bits per heavy atom. The number of halogens is 2. The lowest BCUT2D eigenvalue weighted by Gasteiger charge is -2.09. The zero-order chi connectivity index (χ0) is 20.3. The lowest BCUT2D eigenvalue weighted by Crippen LogP contribution is -2.30. The van der Waals surface area contributed by atoms with Crippen LogP contribution in [0.1, 0.15) is 0 Å². The largest absolute Gasteiger partial charge is 0.324 e. The maximum Gasteiger partial charge on any atom is 0.267 e. The molecule has 1 N–H and O–H groups in total. The van der Waals surface area contributed by atoms with Gasteiger partial charge in [0, 0.05) is 16.2 Å². The molecule has 1 aromatic heterocycles. The van der Waals surface area contributed by atoms with Gasteiger partial charge in [0.15, 0.2) is 5.03 Å². The Balaban J connectivity index is 1.87. The molecule has 144 valence electrons. The predicted molar refractivity (Wildman–Crippen MR) is 103 cm³/mol. The van der Waals surface area contributed by atoms with E-state index in [4.69, 9.17) is 0 Å². The quantitative estimate of drug-likeness (QED) is 0.624. The van der Waals surface area contributed by atoms with Crippen LogP contribution in [0.25, 0.3) is 0 Å². The molecule has 3 rings (SSSR count). The van der Waals surface area contributed by atoms with Crippen LogP contribution in [0.2, 0.25) is 0 Å². The average Bonchev–Trinajstić information content (AvgIpc) is 2.63. The molecule has 0 bridgehead atoms. The fourth-order valence-corrected chi connectivity index (χ4v) is 3.96. The molecule has 10 heteroatoms. The molecule has 0 unspecified atom stereocenters. The highest BCUT2D eigenvalue weighted by molar-refractivity contribution is 9.10. The van der Waals surface area contributed by atoms with Gasteiger partial charge in [-0.05, 0) is 42.5 Å². The standard InChI is InChI=1S/C18H13BrFN3O4S/c19-12-3-1-5-14(9-12)21-16(24)11-23-18(25)8-7-17(22-23)28(26,27)15-6-2-4-13(20)10-15/h1-10H,11H2,(H,21,24). The van der Waals surface area contributed by atoms with Crippen LogP contribution in [-0.4, -0.2) is 24.1 Å². The molecule has 0 saturated carbocycles. The number of sulfone groups is 1. The lowest BCUT2D eigenvalue weighted by molar-refractivity contribution is -0.117. The molecule has 3 aromatic rings. The third kappa shape index (κ3) is 4.52. The summed E-state index contributed by atoms with van der Waals surface area (Å²) in [6.45, 7) is -0.488. The minimum absolute atomic E-state index is 0.302. The smallest absolute Gasteiger partial charge is 0.267 e. The van der Waals surface area contributed by atoms with Gasteiger partial charge in [-0.15, -0.1) is 0 Å². The van der Waals surface area contributed by atoms with Crippen molar-refractivity contribution in [2.24, 2.45) is 0 Å². The predicted octanol–water partition coefficient (Wildman–Crippen LogP) is 2.62. The van der Waals surface area contributed by atoms with E-state index in [0.29, 0.717) is 5.69 Å². The van der Waals surface area contributed by atoms with Crippen molar-refractivity contribution >= 4 is 37.4 Å². The molecule has 2 aromatic carbocycles. The number of aromatic nitrogens is 2. The van der Waals surface area contributed by atoms with Crippen molar-refractivity contribution in [1.29, 1.82) is 0 Å². The number of hydrogen-bond acceptors (Lipinski definition) is 5. The van der Waals surface area contributed by atoms with Crippen LogP contribution < -0.4 is 10.9 Å². The number of nitrogens with zero attached hydrogens (tertiary/aromatic N) is 2. The maximum absolute atomic E-state index is 13.4. The first-order valence-corrected chi connectivity index (χ1v) is 10.2. The summed E-state index contributed by atoms with van der Waals surface area (Å²) < 4.78 is 40.1. The number of nitrogens with one attached hydrogen (secondary N) is 1. The summed E-state index contributed by atoms with van der Waals surface area (Å²) in [4.78, 5) is 23.9. The fraction of sp³-hybridized carbons (Fsp3) is 0.0556. The van der Waals surface area contributed by atoms with Gasteiger partial charge in [0.05, 0.1) is 4.90 Å². The first-order chi connectivity index (χ1) is 13.3. The van der Waals surface area contributed by atoms with Crippen LogP contribution in [0.3, 0.4) is 0 Å². The highest BCUT2D eigenvalue weighted by atomic mass is 79.9. The van der Waals surface area contributed by atoms with Gasteiger partial charge >= 0.3 is 0 Å². The van der Waals surface area contributed by atoms with Crippen LogP contribution in [0, 0.1) is 5.82 Å². The molecule has 7 nitrogen and oxygen atoms in total. The van der Waals surface area contributed by atoms with Gasteiger partial charge in [-0.2, -0.15) is 5.10 Å². The van der Waals surface area contributed by atoms with E-state index in [1.165, 1.54) is 12.1 Å². The van der Waals surface area contributed by atoms with E-state index in [1.54, 1.807) is 24.3 Å². The average molecular weight is 466 g/mol. The second kappa shape index (κ2) is 8.03. The zero-order valence-electron chi connectivity index (χ0n) is 14.2. The van der Waals surface area contributed by atoms with Gasteiger partial charge in [-0.3, -0.25) is 9.59 Å². The summed E-state index contributed by atoms with van der Waals surface area (Å²) in [7, 11) is -4.15. The fourth-order valence-electron chi connectivity index (χ4n) is 2.34. The van der Waals surface area contributed by atoms with Crippen molar-refractivity contribution in [2.45, 2.75) is 16.5 Å². The summed E-state index contributed by atoms with van der Waals surface area (Å²) in [6, 6.07) is 13.3. The Kier molecular flexibility index (Phi) is 5.71. The van der Waals surface area contributed by atoms with E-state index in [1.807, 2.05) is 0 Å². The zero-order valence-corrected chi connectivity index (χ0v) is 16.6. The summed E-state index contributed by atoms with van der Waals surface area (Å²) in [5.41, 5.74) is -0.154. The van der Waals surface area contributed by atoms with Gasteiger partial charge in [-0.25, -0.2) is 17.5 Å². The Labute approximate surface area is 167 Å². The van der Waals surface area contributed by atoms with Gasteiger partial charge in [0.1, 0.15) is 12.4 Å². The molecule has 0 aliphatic carbocycles. The van der Waals surface area contributed by atoms with Gasteiger partial charge in [0.2, 0.25) is 15.7 Å². The van der Waals surface area contributed by atoms with E-state index in [-0.39, 0.29) is 4.90 Å². The summed E-state index contributed by atoms with van der Waals surface area (Å²) >= 11 is 3.28. The number of benzene rings is 2. The maximum atomic E-state index is 13.4. The molecule has 0 aliphatic rings. The SMILES string of the molecule is O=C(Cn1nc(S(=O)(=O)c2cccc(F)c2)ccc1=O)Nc1cccc(Br)c1. The van der Waals surface area contributed by atoms with Crippen LogP contribution in [0.15, 0.2) is 79.9 Å². The number of carbonyl (C=O) groups is 1. The first kappa shape index (κ1) is 19.9. The van der Waals surface area contributed by atoms with E-state index >= 15 is 0 Å². The number of amides is 1. The van der Waals surface area contributed by atoms with Crippen LogP contribution in [0.5, 0.6) is 0 Å². The molecule has 1 heterocycles. The van der Waals surface area contributed by atoms with Crippen molar-refractivity contribution in [3.05, 3.63) is 81.3 Å². The molecule has 0 aliphatic heterocycles. The third-order valence-corrected chi connectivity index (χ3v) is 5.76. The van der Waals surface area contributed by atoms with E-state index in [9.17, 15) is 22.4 Å². The second-order valence-corrected chi connectivity index (χ2v) is 8.50. The summed E-state index contributed by atoms with van der Waals surface area (Å²) in [6.07, 6.45) is 0. The minimum Gasteiger partial charge on any atom is -0.324 e. The van der Waals surface area contributed by atoms with E-state index in [2.05, 4.69) is 26.3 Å². The number of hydrogen-bond donors (Lipinski definition) is 1. The molecule has 0 spiro atoms. The molecule has 28 heavy (non-hydrogen) atoms. The van der Waals surface area contributed by atoms with E-state index < -0.39 is 38.7 Å². The molecule has 0 fully saturated rings. The normalized spacial score (nSPS) is 11.2. The number of anilines is 1. The van der Waals surface area contributed by atoms with Gasteiger partial charge < -0.3 is 5.32 Å². The number of rotatable bonds is 5. The van der Waals surface area contributed by atoms with Crippen LogP contribution in [0.4, 0.5) is 10.1 Å². The van der Waals surface area contributed by atoms with Crippen molar-refractivity contribution in [2.75, 3.05) is 5.32 Å². The Morgan fingerprint density at radius 2 is 1.86 bits per heavy atom. The second-order valence-electron chi connectivity index (χ2n) is 5.69. The highest BCUT2D eigenvalue weighted by Crippen LogP contribution is 2.19. The van der Waals surface area contributed by atoms with Crippen LogP contribution in [-0.2, 0) is 21.2 Å². The summed E-state index contributed by atoms with van der Waals surface area (Å²) in [5.74, 6) is -1.28. The Bertz CT molecular complexity index is 1210. The van der Waals surface area contributed by atoms with Crippen molar-refractivity contribution < 1.29 is 17.6 Å². The minimum atomic E-state index is -4.15. The van der Waals surface area contributed by atoms with E-state index in [0.717, 1.165) is 33.4 Å². The topological polar surface area (TPSA) is 98.1 Å². The summed E-state index contributed by atoms with van der Waals surface area (Å²) in [5, 5.41) is 5.90. The van der Waals surface area contributed by atoms with Crippen LogP contribution >= 0.6 is 15.9 Å². The molecule has 0 atom stereocenters. The molecular weight excluding hydrogens is 453 g/mol. The van der Waals surface area contributed by atoms with Crippen molar-refractivity contribution in [1.82, 2.24) is 9.78 Å². The van der Waals surface area contributed by atoms with Crippen molar-refractivity contribution in [3.63, 3.8) is 0 Å². The number of carbonyl (C=O) groups excluding carboxylic acids is 1. The van der Waals surface area contributed by atoms with Crippen molar-refractivity contribution in [3.8, 4) is 0 Å². The highest BCUT2D eigenvalue weighted by Gasteiger charge is 2.21. The molecule has 0 radical (unpaired) electrons. The third-order valence-electron chi connectivity index (χ3n) is 3.63. The lowest BCUT2D eigenvalue weighted by atomic mass is 10.3. The molecule has 0 saturated heterocycles. The van der Waals surface area contributed by atoms with Gasteiger partial charge in [0.25, 0.3) is 5.56 Å². The Morgan fingerprint density at radius 1 is 1.11 bits per heavy atom. The molecular formula is C18H13BrFN3O4S. The Hall–Kier alpha value is -2.85. The first-order valence-electron chi connectivity index (χ1n) is 7.90. The monoisotopic (exact) mass is 465 g/mol.